The molecule has 0 atom stereocenters. The number of hydrogen-bond acceptors (Lipinski definition) is 2. The van der Waals surface area contributed by atoms with Gasteiger partial charge >= 0.3 is 0 Å². The van der Waals surface area contributed by atoms with Gasteiger partial charge in [0, 0.05) is 5.56 Å². The van der Waals surface area contributed by atoms with Crippen LogP contribution in [0.4, 0.5) is 4.39 Å². The minimum Gasteiger partial charge on any atom is -0.411 e. The summed E-state index contributed by atoms with van der Waals surface area (Å²) in [4.78, 5) is 0. The van der Waals surface area contributed by atoms with Crippen LogP contribution in [0.25, 0.3) is 0 Å². The standard InChI is InChI=1S/C7H5FNO/c8-7-4-2-1-3-6(7)5-9-10/h2-5,10H/b9-5-. The Kier molecular flexibility index (Phi) is 1.99. The quantitative estimate of drug-likeness (QED) is 0.355. The second-order valence-electron chi connectivity index (χ2n) is 1.69. The molecule has 0 amide bonds. The highest BCUT2D eigenvalue weighted by Crippen LogP contribution is 2.01. The minimum atomic E-state index is -0.420. The van der Waals surface area contributed by atoms with E-state index in [0.29, 0.717) is 0 Å². The van der Waals surface area contributed by atoms with Gasteiger partial charge in [0.25, 0.3) is 0 Å². The molecule has 0 aliphatic rings. The molecule has 0 unspecified atom stereocenters. The number of hydrogen-bond donors (Lipinski definition) is 1. The van der Waals surface area contributed by atoms with Gasteiger partial charge in [-0.15, -0.1) is 0 Å². The summed E-state index contributed by atoms with van der Waals surface area (Å²) in [5.41, 5.74) is 0.227. The largest absolute Gasteiger partial charge is 0.411 e. The zero-order valence-electron chi connectivity index (χ0n) is 5.08. The molecule has 0 spiro atoms. The van der Waals surface area contributed by atoms with Gasteiger partial charge in [0.15, 0.2) is 0 Å². The van der Waals surface area contributed by atoms with Crippen molar-refractivity contribution in [2.45, 2.75) is 0 Å². The van der Waals surface area contributed by atoms with E-state index < -0.39 is 5.82 Å². The first-order valence-corrected chi connectivity index (χ1v) is 2.67. The van der Waals surface area contributed by atoms with Crippen LogP contribution in [0, 0.1) is 11.9 Å². The fraction of sp³-hybridized carbons (Fsp3) is 0. The molecular formula is C7H5FNO. The van der Waals surface area contributed by atoms with E-state index in [-0.39, 0.29) is 5.56 Å². The van der Waals surface area contributed by atoms with Crippen molar-refractivity contribution < 1.29 is 9.60 Å². The molecule has 0 aromatic heterocycles. The van der Waals surface area contributed by atoms with Crippen LogP contribution in [-0.4, -0.2) is 11.4 Å². The molecule has 0 saturated heterocycles. The Hall–Kier alpha value is -1.38. The summed E-state index contributed by atoms with van der Waals surface area (Å²) in [6.07, 6.45) is 1.02. The number of benzene rings is 1. The molecule has 1 aromatic rings. The van der Waals surface area contributed by atoms with Crippen LogP contribution in [0.15, 0.2) is 23.4 Å². The molecule has 1 N–H and O–H groups in total. The van der Waals surface area contributed by atoms with E-state index >= 15 is 0 Å². The van der Waals surface area contributed by atoms with Gasteiger partial charge in [0.1, 0.15) is 5.82 Å². The summed E-state index contributed by atoms with van der Waals surface area (Å²) in [5, 5.41) is 10.7. The topological polar surface area (TPSA) is 32.6 Å². The lowest BCUT2D eigenvalue weighted by atomic mass is 10.2. The predicted octanol–water partition coefficient (Wildman–Crippen LogP) is 1.43. The zero-order valence-corrected chi connectivity index (χ0v) is 5.08. The highest BCUT2D eigenvalue weighted by atomic mass is 19.1. The van der Waals surface area contributed by atoms with Gasteiger partial charge in [-0.25, -0.2) is 4.39 Å². The van der Waals surface area contributed by atoms with Gasteiger partial charge in [-0.2, -0.15) is 0 Å². The van der Waals surface area contributed by atoms with Crippen molar-refractivity contribution in [1.29, 1.82) is 0 Å². The maximum Gasteiger partial charge on any atom is 0.132 e. The molecule has 1 rings (SSSR count). The average Bonchev–Trinajstić information content (AvgIpc) is 1.94. The number of halogens is 1. The van der Waals surface area contributed by atoms with E-state index in [0.717, 1.165) is 6.21 Å². The third kappa shape index (κ3) is 1.31. The fourth-order valence-corrected chi connectivity index (χ4v) is 0.585. The molecular weight excluding hydrogens is 133 g/mol. The lowest BCUT2D eigenvalue weighted by Gasteiger charge is -1.90. The molecule has 10 heavy (non-hydrogen) atoms. The smallest absolute Gasteiger partial charge is 0.132 e. The third-order valence-electron chi connectivity index (χ3n) is 1.04. The van der Waals surface area contributed by atoms with Crippen LogP contribution >= 0.6 is 0 Å². The van der Waals surface area contributed by atoms with Gasteiger partial charge in [0.2, 0.25) is 0 Å². The van der Waals surface area contributed by atoms with Crippen LogP contribution in [0.2, 0.25) is 0 Å². The summed E-state index contributed by atoms with van der Waals surface area (Å²) < 4.78 is 12.6. The fourth-order valence-electron chi connectivity index (χ4n) is 0.585. The van der Waals surface area contributed by atoms with Crippen LogP contribution in [-0.2, 0) is 0 Å². The van der Waals surface area contributed by atoms with E-state index in [1.807, 2.05) is 0 Å². The molecule has 0 heterocycles. The molecule has 0 bridgehead atoms. The Morgan fingerprint density at radius 1 is 1.70 bits per heavy atom. The molecule has 1 radical (unpaired) electrons. The Balaban J connectivity index is 3.03. The highest BCUT2D eigenvalue weighted by Gasteiger charge is 1.94. The molecule has 0 fully saturated rings. The van der Waals surface area contributed by atoms with E-state index in [1.54, 1.807) is 0 Å². The van der Waals surface area contributed by atoms with Gasteiger partial charge in [0.05, 0.1) is 6.21 Å². The van der Waals surface area contributed by atoms with Gasteiger partial charge in [-0.3, -0.25) is 0 Å². The summed E-state index contributed by atoms with van der Waals surface area (Å²) >= 11 is 0. The molecule has 0 aliphatic carbocycles. The Morgan fingerprint density at radius 3 is 3.10 bits per heavy atom. The van der Waals surface area contributed by atoms with Crippen LogP contribution in [0.5, 0.6) is 0 Å². The maximum atomic E-state index is 12.6. The Morgan fingerprint density at radius 2 is 2.50 bits per heavy atom. The Bertz CT molecular complexity index is 247. The monoisotopic (exact) mass is 138 g/mol. The van der Waals surface area contributed by atoms with Crippen LogP contribution in [0.1, 0.15) is 5.56 Å². The summed E-state index contributed by atoms with van der Waals surface area (Å²) in [7, 11) is 0. The van der Waals surface area contributed by atoms with Crippen LogP contribution < -0.4 is 0 Å². The second kappa shape index (κ2) is 2.96. The first-order valence-electron chi connectivity index (χ1n) is 2.67. The first-order chi connectivity index (χ1) is 4.84. The summed E-state index contributed by atoms with van der Waals surface area (Å²) in [6.45, 7) is 0. The van der Waals surface area contributed by atoms with E-state index in [1.165, 1.54) is 18.2 Å². The number of rotatable bonds is 1. The van der Waals surface area contributed by atoms with Crippen LogP contribution in [0.3, 0.4) is 0 Å². The van der Waals surface area contributed by atoms with Crippen molar-refractivity contribution in [3.05, 3.63) is 35.6 Å². The van der Waals surface area contributed by atoms with Gasteiger partial charge in [-0.1, -0.05) is 11.2 Å². The van der Waals surface area contributed by atoms with Crippen molar-refractivity contribution in [1.82, 2.24) is 0 Å². The predicted molar refractivity (Wildman–Crippen MR) is 34.6 cm³/mol. The molecule has 51 valence electrons. The van der Waals surface area contributed by atoms with Crippen molar-refractivity contribution in [2.75, 3.05) is 0 Å². The first kappa shape index (κ1) is 6.74. The number of nitrogens with zero attached hydrogens (tertiary/aromatic N) is 1. The summed E-state index contributed by atoms with van der Waals surface area (Å²) in [5.74, 6) is -0.420. The zero-order chi connectivity index (χ0) is 7.40. The van der Waals surface area contributed by atoms with Crippen molar-refractivity contribution in [3.63, 3.8) is 0 Å². The third-order valence-corrected chi connectivity index (χ3v) is 1.04. The van der Waals surface area contributed by atoms with E-state index in [2.05, 4.69) is 11.2 Å². The highest BCUT2D eigenvalue weighted by molar-refractivity contribution is 5.79. The molecule has 2 nitrogen and oxygen atoms in total. The molecule has 0 saturated carbocycles. The Labute approximate surface area is 57.6 Å². The van der Waals surface area contributed by atoms with Gasteiger partial charge < -0.3 is 5.21 Å². The maximum absolute atomic E-state index is 12.6. The second-order valence-corrected chi connectivity index (χ2v) is 1.69. The summed E-state index contributed by atoms with van der Waals surface area (Å²) in [6, 6.07) is 6.74. The molecule has 3 heteroatoms. The number of oxime groups is 1. The van der Waals surface area contributed by atoms with Crippen molar-refractivity contribution in [2.24, 2.45) is 5.16 Å². The SMILES string of the molecule is O/N=C\c1c[c]ccc1F. The molecule has 1 aromatic carbocycles. The van der Waals surface area contributed by atoms with E-state index in [4.69, 9.17) is 5.21 Å². The lowest BCUT2D eigenvalue weighted by Crippen LogP contribution is -1.85. The van der Waals surface area contributed by atoms with E-state index in [9.17, 15) is 4.39 Å². The minimum absolute atomic E-state index is 0.227. The molecule has 0 aliphatic heterocycles. The normalized spacial score (nSPS) is 10.5. The lowest BCUT2D eigenvalue weighted by molar-refractivity contribution is 0.321. The van der Waals surface area contributed by atoms with Crippen molar-refractivity contribution >= 4 is 6.21 Å². The van der Waals surface area contributed by atoms with Crippen molar-refractivity contribution in [3.8, 4) is 0 Å². The average molecular weight is 138 g/mol. The van der Waals surface area contributed by atoms with Gasteiger partial charge in [-0.05, 0) is 18.2 Å².